The topological polar surface area (TPSA) is 108 Å². The highest BCUT2D eigenvalue weighted by Gasteiger charge is 2.23. The number of hydrogen-bond acceptors (Lipinski definition) is 6. The number of allylic oxidation sites excluding steroid dienone is 7. The maximum atomic E-state index is 13.0. The molecule has 0 heterocycles. The molecule has 418 valence electrons. The van der Waals surface area contributed by atoms with Gasteiger partial charge in [0.25, 0.3) is 7.82 Å². The fraction of sp³-hybridized carbons (Fsp3) is 0.855. The van der Waals surface area contributed by atoms with Crippen LogP contribution in [0.5, 0.6) is 0 Å². The molecular formula is C62H119N2O6P. The second-order valence-electron chi connectivity index (χ2n) is 22.0. The number of rotatable bonds is 56. The molecule has 0 saturated heterocycles. The van der Waals surface area contributed by atoms with Crippen LogP contribution >= 0.6 is 7.82 Å². The van der Waals surface area contributed by atoms with Gasteiger partial charge < -0.3 is 28.8 Å². The highest BCUT2D eigenvalue weighted by molar-refractivity contribution is 7.45. The van der Waals surface area contributed by atoms with Crippen LogP contribution in [0.25, 0.3) is 0 Å². The van der Waals surface area contributed by atoms with Crippen LogP contribution in [0.4, 0.5) is 0 Å². The van der Waals surface area contributed by atoms with Crippen LogP contribution in [0.15, 0.2) is 48.6 Å². The molecule has 0 aliphatic rings. The summed E-state index contributed by atoms with van der Waals surface area (Å²) in [6, 6.07) is -0.904. The molecule has 9 heteroatoms. The van der Waals surface area contributed by atoms with Gasteiger partial charge in [0.15, 0.2) is 0 Å². The summed E-state index contributed by atoms with van der Waals surface area (Å²) in [6.07, 6.45) is 70.6. The summed E-state index contributed by atoms with van der Waals surface area (Å²) < 4.78 is 23.4. The molecule has 0 saturated carbocycles. The molecule has 0 aromatic carbocycles. The van der Waals surface area contributed by atoms with E-state index >= 15 is 0 Å². The third-order valence-corrected chi connectivity index (χ3v) is 14.7. The molecule has 2 N–H and O–H groups in total. The van der Waals surface area contributed by atoms with Crippen LogP contribution < -0.4 is 10.2 Å². The van der Waals surface area contributed by atoms with E-state index in [4.69, 9.17) is 9.05 Å². The van der Waals surface area contributed by atoms with Gasteiger partial charge in [-0.15, -0.1) is 0 Å². The molecule has 0 aliphatic heterocycles. The molecule has 0 spiro atoms. The van der Waals surface area contributed by atoms with Crippen LogP contribution in [0.1, 0.15) is 290 Å². The summed E-state index contributed by atoms with van der Waals surface area (Å²) in [4.78, 5) is 25.5. The Labute approximate surface area is 441 Å². The van der Waals surface area contributed by atoms with Crippen molar-refractivity contribution in [3.8, 4) is 0 Å². The highest BCUT2D eigenvalue weighted by atomic mass is 31.2. The van der Waals surface area contributed by atoms with Crippen LogP contribution in [0.3, 0.4) is 0 Å². The van der Waals surface area contributed by atoms with Crippen LogP contribution in [-0.4, -0.2) is 68.5 Å². The largest absolute Gasteiger partial charge is 0.756 e. The zero-order valence-electron chi connectivity index (χ0n) is 47.7. The van der Waals surface area contributed by atoms with Gasteiger partial charge in [0.1, 0.15) is 13.2 Å². The highest BCUT2D eigenvalue weighted by Crippen LogP contribution is 2.38. The Kier molecular flexibility index (Phi) is 52.1. The van der Waals surface area contributed by atoms with Gasteiger partial charge in [0.05, 0.1) is 39.9 Å². The monoisotopic (exact) mass is 1020 g/mol. The van der Waals surface area contributed by atoms with Crippen molar-refractivity contribution < 1.29 is 32.9 Å². The fourth-order valence-corrected chi connectivity index (χ4v) is 9.69. The quantitative estimate of drug-likeness (QED) is 0.0272. The Morgan fingerprint density at radius 2 is 0.831 bits per heavy atom. The van der Waals surface area contributed by atoms with Gasteiger partial charge in [-0.2, -0.15) is 0 Å². The molecule has 71 heavy (non-hydrogen) atoms. The van der Waals surface area contributed by atoms with E-state index < -0.39 is 26.6 Å². The molecule has 8 nitrogen and oxygen atoms in total. The van der Waals surface area contributed by atoms with E-state index in [-0.39, 0.29) is 12.5 Å². The van der Waals surface area contributed by atoms with Crippen molar-refractivity contribution in [2.75, 3.05) is 40.9 Å². The number of phosphoric ester groups is 1. The van der Waals surface area contributed by atoms with Gasteiger partial charge in [-0.05, 0) is 64.2 Å². The minimum Gasteiger partial charge on any atom is -0.756 e. The predicted molar refractivity (Wildman–Crippen MR) is 307 cm³/mol. The Bertz CT molecular complexity index is 1290. The molecule has 0 radical (unpaired) electrons. The lowest BCUT2D eigenvalue weighted by Crippen LogP contribution is -2.45. The van der Waals surface area contributed by atoms with Gasteiger partial charge in [-0.3, -0.25) is 9.36 Å². The number of hydrogen-bond donors (Lipinski definition) is 2. The van der Waals surface area contributed by atoms with Crippen molar-refractivity contribution in [1.29, 1.82) is 0 Å². The minimum absolute atomic E-state index is 0.00616. The lowest BCUT2D eigenvalue weighted by Gasteiger charge is -2.29. The Balaban J connectivity index is 4.19. The van der Waals surface area contributed by atoms with Gasteiger partial charge >= 0.3 is 0 Å². The lowest BCUT2D eigenvalue weighted by atomic mass is 10.0. The molecule has 3 unspecified atom stereocenters. The van der Waals surface area contributed by atoms with Crippen molar-refractivity contribution in [3.05, 3.63) is 48.6 Å². The molecule has 3 atom stereocenters. The SMILES string of the molecule is CCCCCCC/C=C\C/C=C\CCCCCCCCCCCCCCCCCC(=O)NC(COP(=O)([O-])OCC[N+](C)(C)C)C(O)/C=C/CC/C=C/CCCCCCCCCCCCCCCCCC. The zero-order chi connectivity index (χ0) is 52.0. The van der Waals surface area contributed by atoms with E-state index in [2.05, 4.69) is 55.6 Å². The summed E-state index contributed by atoms with van der Waals surface area (Å²) in [5.41, 5.74) is 0. The average molecular weight is 1020 g/mol. The molecule has 0 aromatic rings. The van der Waals surface area contributed by atoms with Gasteiger partial charge in [-0.25, -0.2) is 0 Å². The summed E-state index contributed by atoms with van der Waals surface area (Å²) in [5, 5.41) is 13.9. The van der Waals surface area contributed by atoms with E-state index in [0.29, 0.717) is 17.4 Å². The van der Waals surface area contributed by atoms with Crippen molar-refractivity contribution in [1.82, 2.24) is 5.32 Å². The molecule has 0 aliphatic carbocycles. The zero-order valence-corrected chi connectivity index (χ0v) is 48.6. The second kappa shape index (κ2) is 53.3. The summed E-state index contributed by atoms with van der Waals surface area (Å²) in [5.74, 6) is -0.204. The molecular weight excluding hydrogens is 900 g/mol. The molecule has 1 amide bonds. The first kappa shape index (κ1) is 69.5. The van der Waals surface area contributed by atoms with E-state index in [1.165, 1.54) is 225 Å². The normalized spacial score (nSPS) is 14.2. The standard InChI is InChI=1S/C62H119N2O6P/c1-6-8-10-12-14-16-18-20-22-24-26-28-30-31-32-33-34-36-38-40-42-44-46-48-50-52-54-56-62(66)63-60(59-70-71(67,68)69-58-57-64(3,4)5)61(65)55-53-51-49-47-45-43-41-39-37-35-29-27-25-23-21-19-17-15-13-11-9-7-2/h18,20,24,26,45,47,53,55,60-61,65H,6-17,19,21-23,25,27-44,46,48-52,54,56-59H2,1-5H3,(H-,63,66,67,68)/b20-18-,26-24-,47-45+,55-53+. The van der Waals surface area contributed by atoms with Crippen LogP contribution in [0.2, 0.25) is 0 Å². The number of nitrogens with zero attached hydrogens (tertiary/aromatic N) is 1. The Morgan fingerprint density at radius 3 is 1.23 bits per heavy atom. The molecule has 0 aromatic heterocycles. The molecule has 0 rings (SSSR count). The van der Waals surface area contributed by atoms with Crippen LogP contribution in [-0.2, 0) is 18.4 Å². The number of nitrogens with one attached hydrogen (secondary N) is 1. The third-order valence-electron chi connectivity index (χ3n) is 13.8. The summed E-state index contributed by atoms with van der Waals surface area (Å²) in [6.45, 7) is 4.65. The van der Waals surface area contributed by atoms with Crippen molar-refractivity contribution in [3.63, 3.8) is 0 Å². The molecule has 0 fully saturated rings. The number of aliphatic hydroxyl groups is 1. The summed E-state index contributed by atoms with van der Waals surface area (Å²) in [7, 11) is 1.25. The number of carbonyl (C=O) groups is 1. The van der Waals surface area contributed by atoms with E-state index in [0.717, 1.165) is 44.9 Å². The van der Waals surface area contributed by atoms with Gasteiger partial charge in [0.2, 0.25) is 5.91 Å². The average Bonchev–Trinajstić information content (AvgIpc) is 3.33. The maximum absolute atomic E-state index is 13.0. The Morgan fingerprint density at radius 1 is 0.493 bits per heavy atom. The van der Waals surface area contributed by atoms with Crippen molar-refractivity contribution in [2.45, 2.75) is 302 Å². The first-order valence-electron chi connectivity index (χ1n) is 30.5. The number of aliphatic hydroxyl groups excluding tert-OH is 1. The Hall–Kier alpha value is -1.54. The maximum Gasteiger partial charge on any atom is 0.268 e. The number of unbranched alkanes of at least 4 members (excludes halogenated alkanes) is 37. The minimum atomic E-state index is -4.61. The number of carbonyl (C=O) groups excluding carboxylic acids is 1. The van der Waals surface area contributed by atoms with E-state index in [1.807, 2.05) is 27.2 Å². The second-order valence-corrected chi connectivity index (χ2v) is 23.5. The number of phosphoric acid groups is 1. The number of likely N-dealkylation sites (N-methyl/N-ethyl adjacent to an activating group) is 1. The number of quaternary nitrogens is 1. The first-order chi connectivity index (χ1) is 34.5. The molecule has 0 bridgehead atoms. The van der Waals surface area contributed by atoms with Crippen LogP contribution in [0, 0.1) is 0 Å². The fourth-order valence-electron chi connectivity index (χ4n) is 8.97. The van der Waals surface area contributed by atoms with E-state index in [9.17, 15) is 19.4 Å². The van der Waals surface area contributed by atoms with Crippen molar-refractivity contribution >= 4 is 13.7 Å². The third kappa shape index (κ3) is 56.0. The first-order valence-corrected chi connectivity index (χ1v) is 32.0. The predicted octanol–water partition coefficient (Wildman–Crippen LogP) is 18.1. The number of amides is 1. The van der Waals surface area contributed by atoms with Gasteiger partial charge in [-0.1, -0.05) is 268 Å². The smallest absolute Gasteiger partial charge is 0.268 e. The van der Waals surface area contributed by atoms with Crippen molar-refractivity contribution in [2.24, 2.45) is 0 Å². The van der Waals surface area contributed by atoms with Gasteiger partial charge in [0, 0.05) is 6.42 Å². The van der Waals surface area contributed by atoms with E-state index in [1.54, 1.807) is 6.08 Å². The summed E-state index contributed by atoms with van der Waals surface area (Å²) >= 11 is 0. The lowest BCUT2D eigenvalue weighted by molar-refractivity contribution is -0.870.